The fraction of sp³-hybridized carbons (Fsp3) is 0.611. The minimum Gasteiger partial charge on any atom is -0.354 e. The van der Waals surface area contributed by atoms with Crippen LogP contribution in [0.15, 0.2) is 24.4 Å². The van der Waals surface area contributed by atoms with Gasteiger partial charge in [0.05, 0.1) is 5.69 Å². The van der Waals surface area contributed by atoms with Gasteiger partial charge in [-0.3, -0.25) is 14.7 Å². The number of piperazine rings is 1. The number of rotatable bonds is 3. The van der Waals surface area contributed by atoms with Crippen molar-refractivity contribution >= 4 is 11.9 Å². The van der Waals surface area contributed by atoms with Crippen LogP contribution in [0.2, 0.25) is 0 Å². The van der Waals surface area contributed by atoms with E-state index in [0.717, 1.165) is 31.6 Å². The first-order chi connectivity index (χ1) is 12.1. The second kappa shape index (κ2) is 8.29. The summed E-state index contributed by atoms with van der Waals surface area (Å²) < 4.78 is 0. The van der Waals surface area contributed by atoms with Crippen LogP contribution in [-0.2, 0) is 4.79 Å². The smallest absolute Gasteiger partial charge is 0.318 e. The molecular formula is C18H27N5O2. The lowest BCUT2D eigenvalue weighted by Gasteiger charge is -2.38. The van der Waals surface area contributed by atoms with Crippen molar-refractivity contribution in [2.75, 3.05) is 32.7 Å². The third-order valence-electron chi connectivity index (χ3n) is 5.10. The van der Waals surface area contributed by atoms with Crippen molar-refractivity contribution in [2.45, 2.75) is 38.3 Å². The van der Waals surface area contributed by atoms with Gasteiger partial charge in [-0.1, -0.05) is 6.07 Å². The summed E-state index contributed by atoms with van der Waals surface area (Å²) >= 11 is 0. The molecule has 2 aliphatic heterocycles. The Hall–Kier alpha value is -2.15. The molecule has 25 heavy (non-hydrogen) atoms. The summed E-state index contributed by atoms with van der Waals surface area (Å²) in [5.41, 5.74) is 1.05. The Kier molecular flexibility index (Phi) is 5.86. The Morgan fingerprint density at radius 2 is 2.08 bits per heavy atom. The number of aromatic nitrogens is 1. The maximum absolute atomic E-state index is 12.5. The largest absolute Gasteiger partial charge is 0.354 e. The van der Waals surface area contributed by atoms with E-state index in [2.05, 4.69) is 27.4 Å². The number of amides is 3. The molecular weight excluding hydrogens is 318 g/mol. The van der Waals surface area contributed by atoms with Crippen LogP contribution in [0.4, 0.5) is 4.79 Å². The molecule has 0 bridgehead atoms. The number of hydrogen-bond acceptors (Lipinski definition) is 4. The normalized spacial score (nSPS) is 23.5. The summed E-state index contributed by atoms with van der Waals surface area (Å²) in [6.45, 7) is 5.79. The van der Waals surface area contributed by atoms with Crippen molar-refractivity contribution in [3.05, 3.63) is 30.1 Å². The summed E-state index contributed by atoms with van der Waals surface area (Å²) in [6, 6.07) is 5.66. The molecule has 7 heteroatoms. The number of hydrogen-bond donors (Lipinski definition) is 2. The standard InChI is InChI=1S/C18H27N5O2/c1-14(15-6-2-4-8-19-15)22-10-12-23(13-11-22)18(25)21-16-7-3-5-9-20-17(16)24/h2,4,6,8,14,16H,3,5,7,9-13H2,1H3,(H,20,24)(H,21,25)/t14-,16+/m0/s1. The molecule has 0 radical (unpaired) electrons. The molecule has 2 N–H and O–H groups in total. The zero-order valence-electron chi connectivity index (χ0n) is 14.8. The van der Waals surface area contributed by atoms with Crippen molar-refractivity contribution in [3.8, 4) is 0 Å². The molecule has 2 atom stereocenters. The van der Waals surface area contributed by atoms with Crippen LogP contribution in [0.25, 0.3) is 0 Å². The van der Waals surface area contributed by atoms with Crippen molar-refractivity contribution < 1.29 is 9.59 Å². The molecule has 0 spiro atoms. The Labute approximate surface area is 148 Å². The minimum absolute atomic E-state index is 0.0618. The van der Waals surface area contributed by atoms with Gasteiger partial charge >= 0.3 is 6.03 Å². The van der Waals surface area contributed by atoms with E-state index in [9.17, 15) is 9.59 Å². The molecule has 0 aromatic carbocycles. The first-order valence-electron chi connectivity index (χ1n) is 9.13. The van der Waals surface area contributed by atoms with Gasteiger partial charge in [-0.05, 0) is 38.3 Å². The van der Waals surface area contributed by atoms with Crippen LogP contribution in [0, 0.1) is 0 Å². The first-order valence-corrected chi connectivity index (χ1v) is 9.13. The number of nitrogens with zero attached hydrogens (tertiary/aromatic N) is 3. The molecule has 2 fully saturated rings. The van der Waals surface area contributed by atoms with E-state index in [1.165, 1.54) is 0 Å². The van der Waals surface area contributed by atoms with Gasteiger partial charge in [-0.2, -0.15) is 0 Å². The fourth-order valence-corrected chi connectivity index (χ4v) is 3.44. The van der Waals surface area contributed by atoms with E-state index in [1.54, 1.807) is 4.90 Å². The van der Waals surface area contributed by atoms with Crippen molar-refractivity contribution in [2.24, 2.45) is 0 Å². The summed E-state index contributed by atoms with van der Waals surface area (Å²) in [5.74, 6) is -0.0618. The molecule has 1 aromatic heterocycles. The minimum atomic E-state index is -0.402. The van der Waals surface area contributed by atoms with E-state index >= 15 is 0 Å². The van der Waals surface area contributed by atoms with E-state index in [1.807, 2.05) is 24.4 Å². The molecule has 136 valence electrons. The predicted octanol–water partition coefficient (Wildman–Crippen LogP) is 1.14. The lowest BCUT2D eigenvalue weighted by molar-refractivity contribution is -0.122. The summed E-state index contributed by atoms with van der Waals surface area (Å²) in [7, 11) is 0. The number of urea groups is 1. The van der Waals surface area contributed by atoms with E-state index in [4.69, 9.17) is 0 Å². The highest BCUT2D eigenvalue weighted by molar-refractivity contribution is 5.87. The van der Waals surface area contributed by atoms with Crippen LogP contribution in [0.5, 0.6) is 0 Å². The van der Waals surface area contributed by atoms with Crippen molar-refractivity contribution in [3.63, 3.8) is 0 Å². The monoisotopic (exact) mass is 345 g/mol. The van der Waals surface area contributed by atoms with E-state index in [-0.39, 0.29) is 18.0 Å². The van der Waals surface area contributed by atoms with Crippen LogP contribution >= 0.6 is 0 Å². The first kappa shape index (κ1) is 17.7. The van der Waals surface area contributed by atoms with Crippen LogP contribution < -0.4 is 10.6 Å². The van der Waals surface area contributed by atoms with Gasteiger partial charge < -0.3 is 15.5 Å². The zero-order valence-corrected chi connectivity index (χ0v) is 14.8. The van der Waals surface area contributed by atoms with Gasteiger partial charge in [0.15, 0.2) is 0 Å². The van der Waals surface area contributed by atoms with E-state index < -0.39 is 6.04 Å². The second-order valence-corrected chi connectivity index (χ2v) is 6.74. The number of nitrogens with one attached hydrogen (secondary N) is 2. The Bertz CT molecular complexity index is 586. The molecule has 2 saturated heterocycles. The summed E-state index contributed by atoms with van der Waals surface area (Å²) in [5, 5.41) is 5.75. The van der Waals surface area contributed by atoms with Gasteiger partial charge in [-0.25, -0.2) is 4.79 Å². The lowest BCUT2D eigenvalue weighted by atomic mass is 10.1. The van der Waals surface area contributed by atoms with Crippen LogP contribution in [0.3, 0.4) is 0 Å². The van der Waals surface area contributed by atoms with Gasteiger partial charge in [0.1, 0.15) is 6.04 Å². The topological polar surface area (TPSA) is 77.6 Å². The molecule has 7 nitrogen and oxygen atoms in total. The Morgan fingerprint density at radius 3 is 2.80 bits per heavy atom. The maximum Gasteiger partial charge on any atom is 0.318 e. The van der Waals surface area contributed by atoms with Gasteiger partial charge in [0.2, 0.25) is 5.91 Å². The Balaban J connectivity index is 1.50. The van der Waals surface area contributed by atoms with Gasteiger partial charge in [0, 0.05) is 45.0 Å². The average Bonchev–Trinajstić information content (AvgIpc) is 2.86. The third-order valence-corrected chi connectivity index (χ3v) is 5.10. The van der Waals surface area contributed by atoms with E-state index in [0.29, 0.717) is 26.1 Å². The predicted molar refractivity (Wildman–Crippen MR) is 95.0 cm³/mol. The van der Waals surface area contributed by atoms with Crippen molar-refractivity contribution in [1.82, 2.24) is 25.4 Å². The molecule has 0 saturated carbocycles. The Morgan fingerprint density at radius 1 is 1.28 bits per heavy atom. The molecule has 0 unspecified atom stereocenters. The maximum atomic E-state index is 12.5. The second-order valence-electron chi connectivity index (χ2n) is 6.74. The lowest BCUT2D eigenvalue weighted by Crippen LogP contribution is -2.55. The van der Waals surface area contributed by atoms with Crippen molar-refractivity contribution in [1.29, 1.82) is 0 Å². The molecule has 3 amide bonds. The number of pyridine rings is 1. The van der Waals surface area contributed by atoms with Gasteiger partial charge in [0.25, 0.3) is 0 Å². The number of carbonyl (C=O) groups is 2. The SMILES string of the molecule is C[C@@H](c1ccccn1)N1CCN(C(=O)N[C@@H]2CCCCNC2=O)CC1. The summed E-state index contributed by atoms with van der Waals surface area (Å²) in [4.78, 5) is 33.0. The molecule has 3 heterocycles. The third kappa shape index (κ3) is 4.48. The van der Waals surface area contributed by atoms with Crippen LogP contribution in [0.1, 0.15) is 37.9 Å². The van der Waals surface area contributed by atoms with Gasteiger partial charge in [-0.15, -0.1) is 0 Å². The highest BCUT2D eigenvalue weighted by atomic mass is 16.2. The summed E-state index contributed by atoms with van der Waals surface area (Å²) in [6.07, 6.45) is 4.46. The molecule has 0 aliphatic carbocycles. The fourth-order valence-electron chi connectivity index (χ4n) is 3.44. The molecule has 1 aromatic rings. The molecule has 3 rings (SSSR count). The number of carbonyl (C=O) groups excluding carboxylic acids is 2. The highest BCUT2D eigenvalue weighted by Crippen LogP contribution is 2.19. The zero-order chi connectivity index (χ0) is 17.6. The molecule has 2 aliphatic rings. The van der Waals surface area contributed by atoms with Crippen LogP contribution in [-0.4, -0.2) is 65.5 Å². The highest BCUT2D eigenvalue weighted by Gasteiger charge is 2.28. The quantitative estimate of drug-likeness (QED) is 0.861. The average molecular weight is 345 g/mol.